The molecule has 0 spiro atoms. The summed E-state index contributed by atoms with van der Waals surface area (Å²) in [6.07, 6.45) is -4.56. The number of halogens is 4. The Balaban J connectivity index is 2.28. The molecule has 3 rings (SSSR count). The molecule has 0 unspecified atom stereocenters. The number of nitro groups is 1. The number of anilines is 2. The Hall–Kier alpha value is -3.33. The molecular formula is C20H15ClF3N3O3. The van der Waals surface area contributed by atoms with Crippen LogP contribution in [-0.2, 0) is 6.18 Å². The van der Waals surface area contributed by atoms with Gasteiger partial charge in [0.15, 0.2) is 0 Å². The Kier molecular flexibility index (Phi) is 5.84. The Morgan fingerprint density at radius 2 is 1.83 bits per heavy atom. The van der Waals surface area contributed by atoms with E-state index >= 15 is 0 Å². The number of pyridine rings is 1. The van der Waals surface area contributed by atoms with Gasteiger partial charge in [0.25, 0.3) is 5.82 Å². The maximum atomic E-state index is 13.0. The lowest BCUT2D eigenvalue weighted by atomic mass is 9.98. The van der Waals surface area contributed by atoms with Gasteiger partial charge < -0.3 is 20.2 Å². The summed E-state index contributed by atoms with van der Waals surface area (Å²) >= 11 is 6.18. The van der Waals surface area contributed by atoms with Crippen molar-refractivity contribution >= 4 is 28.9 Å². The van der Waals surface area contributed by atoms with E-state index in [-0.39, 0.29) is 22.2 Å². The van der Waals surface area contributed by atoms with Gasteiger partial charge in [-0.2, -0.15) is 13.2 Å². The van der Waals surface area contributed by atoms with Crippen LogP contribution >= 0.6 is 11.6 Å². The van der Waals surface area contributed by atoms with Gasteiger partial charge in [-0.05, 0) is 41.1 Å². The third-order valence-corrected chi connectivity index (χ3v) is 4.67. The zero-order valence-electron chi connectivity index (χ0n) is 15.7. The Labute approximate surface area is 174 Å². The number of nitrogens with one attached hydrogen (secondary N) is 1. The second-order valence-corrected chi connectivity index (χ2v) is 6.66. The molecule has 1 heterocycles. The number of aromatic nitrogens is 1. The van der Waals surface area contributed by atoms with E-state index in [2.05, 4.69) is 10.3 Å². The summed E-state index contributed by atoms with van der Waals surface area (Å²) in [5.74, 6) is -0.572. The first-order chi connectivity index (χ1) is 14.1. The van der Waals surface area contributed by atoms with Crippen LogP contribution in [0.4, 0.5) is 30.5 Å². The average molecular weight is 438 g/mol. The number of ether oxygens (including phenoxy) is 1. The highest BCUT2D eigenvalue weighted by molar-refractivity contribution is 6.33. The minimum Gasteiger partial charge on any atom is -0.489 e. The minimum atomic E-state index is -4.56. The van der Waals surface area contributed by atoms with Gasteiger partial charge in [0.2, 0.25) is 5.75 Å². The van der Waals surface area contributed by atoms with Crippen molar-refractivity contribution in [2.45, 2.75) is 13.1 Å². The number of para-hydroxylation sites is 1. The monoisotopic (exact) mass is 437 g/mol. The number of alkyl halides is 3. The number of nitrogens with zero attached hydrogens (tertiary/aromatic N) is 2. The molecule has 1 aromatic heterocycles. The third kappa shape index (κ3) is 4.16. The Morgan fingerprint density at radius 1 is 1.17 bits per heavy atom. The van der Waals surface area contributed by atoms with Gasteiger partial charge in [-0.15, -0.1) is 0 Å². The van der Waals surface area contributed by atoms with Crippen LogP contribution < -0.4 is 10.1 Å². The quantitative estimate of drug-likeness (QED) is 0.369. The van der Waals surface area contributed by atoms with Crippen molar-refractivity contribution in [3.05, 3.63) is 74.8 Å². The number of hydrogen-bond donors (Lipinski definition) is 1. The van der Waals surface area contributed by atoms with Crippen molar-refractivity contribution in [2.75, 3.05) is 12.4 Å². The fraction of sp³-hybridized carbons (Fsp3) is 0.150. The van der Waals surface area contributed by atoms with Gasteiger partial charge in [-0.3, -0.25) is 0 Å². The summed E-state index contributed by atoms with van der Waals surface area (Å²) in [5, 5.41) is 14.3. The average Bonchev–Trinajstić information content (AvgIpc) is 2.68. The molecule has 30 heavy (non-hydrogen) atoms. The van der Waals surface area contributed by atoms with Crippen LogP contribution in [0.3, 0.4) is 0 Å². The van der Waals surface area contributed by atoms with Crippen molar-refractivity contribution < 1.29 is 22.8 Å². The molecular weight excluding hydrogens is 423 g/mol. The lowest BCUT2D eigenvalue weighted by Gasteiger charge is -2.16. The summed E-state index contributed by atoms with van der Waals surface area (Å²) in [4.78, 5) is 14.9. The number of rotatable bonds is 5. The largest absolute Gasteiger partial charge is 0.489 e. The molecule has 0 amide bonds. The zero-order valence-corrected chi connectivity index (χ0v) is 16.5. The van der Waals surface area contributed by atoms with Gasteiger partial charge in [0.1, 0.15) is 0 Å². The fourth-order valence-electron chi connectivity index (χ4n) is 3.01. The van der Waals surface area contributed by atoms with Crippen LogP contribution in [0.25, 0.3) is 11.1 Å². The number of benzene rings is 2. The fourth-order valence-corrected chi connectivity index (χ4v) is 3.29. The highest BCUT2D eigenvalue weighted by Gasteiger charge is 2.33. The molecule has 0 saturated carbocycles. The van der Waals surface area contributed by atoms with E-state index in [9.17, 15) is 23.3 Å². The van der Waals surface area contributed by atoms with Crippen LogP contribution in [0.5, 0.6) is 5.75 Å². The van der Waals surface area contributed by atoms with Gasteiger partial charge in [-0.25, -0.2) is 0 Å². The second-order valence-electron chi connectivity index (χ2n) is 6.26. The smallest absolute Gasteiger partial charge is 0.416 e. The Bertz CT molecular complexity index is 1110. The normalized spacial score (nSPS) is 11.3. The van der Waals surface area contributed by atoms with Crippen LogP contribution in [0.1, 0.15) is 11.1 Å². The van der Waals surface area contributed by atoms with Crippen molar-refractivity contribution in [3.8, 4) is 16.9 Å². The molecule has 0 saturated heterocycles. The van der Waals surface area contributed by atoms with Gasteiger partial charge in [-0.1, -0.05) is 35.9 Å². The van der Waals surface area contributed by atoms with E-state index in [1.54, 1.807) is 37.3 Å². The lowest BCUT2D eigenvalue weighted by molar-refractivity contribution is -0.390. The molecule has 0 radical (unpaired) electrons. The van der Waals surface area contributed by atoms with E-state index in [0.29, 0.717) is 16.8 Å². The van der Waals surface area contributed by atoms with E-state index < -0.39 is 22.5 Å². The molecule has 0 bridgehead atoms. The molecule has 6 nitrogen and oxygen atoms in total. The molecule has 0 fully saturated rings. The summed E-state index contributed by atoms with van der Waals surface area (Å²) in [5.41, 5.74) is 0.488. The predicted molar refractivity (Wildman–Crippen MR) is 107 cm³/mol. The van der Waals surface area contributed by atoms with E-state index in [1.807, 2.05) is 0 Å². The standard InChI is InChI=1S/C20H15ClF3N3O3/c1-11-16(14-9-8-12(10-15(14)21)20(22,23)24)18(25-13-6-4-3-5-7-13)26-19(27(28)29)17(11)30-2/h3-10H,1-2H3,(H,25,26). The number of hydrogen-bond acceptors (Lipinski definition) is 5. The summed E-state index contributed by atoms with van der Waals surface area (Å²) in [7, 11) is 1.25. The van der Waals surface area contributed by atoms with E-state index in [1.165, 1.54) is 13.2 Å². The summed E-state index contributed by atoms with van der Waals surface area (Å²) in [6, 6.07) is 11.6. The lowest BCUT2D eigenvalue weighted by Crippen LogP contribution is -2.07. The molecule has 1 N–H and O–H groups in total. The molecule has 156 valence electrons. The first-order valence-corrected chi connectivity index (χ1v) is 8.93. The summed E-state index contributed by atoms with van der Waals surface area (Å²) in [6.45, 7) is 1.55. The maximum Gasteiger partial charge on any atom is 0.416 e. The predicted octanol–water partition coefficient (Wildman–Crippen LogP) is 6.39. The van der Waals surface area contributed by atoms with Crippen molar-refractivity contribution in [2.24, 2.45) is 0 Å². The first kappa shape index (κ1) is 21.4. The SMILES string of the molecule is COc1c([N+](=O)[O-])nc(Nc2ccccc2)c(-c2ccc(C(F)(F)F)cc2Cl)c1C. The van der Waals surface area contributed by atoms with Gasteiger partial charge in [0, 0.05) is 21.8 Å². The summed E-state index contributed by atoms with van der Waals surface area (Å²) < 4.78 is 44.3. The number of methoxy groups -OCH3 is 1. The molecule has 0 aliphatic heterocycles. The van der Waals surface area contributed by atoms with Crippen LogP contribution in [-0.4, -0.2) is 17.0 Å². The first-order valence-electron chi connectivity index (χ1n) is 8.55. The third-order valence-electron chi connectivity index (χ3n) is 4.35. The van der Waals surface area contributed by atoms with Gasteiger partial charge in [0.05, 0.1) is 18.2 Å². The van der Waals surface area contributed by atoms with E-state index in [0.717, 1.165) is 12.1 Å². The van der Waals surface area contributed by atoms with Crippen LogP contribution in [0.15, 0.2) is 48.5 Å². The topological polar surface area (TPSA) is 77.3 Å². The van der Waals surface area contributed by atoms with E-state index in [4.69, 9.17) is 16.3 Å². The molecule has 10 heteroatoms. The van der Waals surface area contributed by atoms with Crippen molar-refractivity contribution in [1.29, 1.82) is 0 Å². The molecule has 2 aromatic carbocycles. The van der Waals surface area contributed by atoms with Crippen molar-refractivity contribution in [3.63, 3.8) is 0 Å². The van der Waals surface area contributed by atoms with Crippen LogP contribution in [0, 0.1) is 17.0 Å². The Morgan fingerprint density at radius 3 is 2.37 bits per heavy atom. The molecule has 3 aromatic rings. The maximum absolute atomic E-state index is 13.0. The minimum absolute atomic E-state index is 0.0628. The molecule has 0 aliphatic rings. The zero-order chi connectivity index (χ0) is 22.1. The molecule has 0 aliphatic carbocycles. The van der Waals surface area contributed by atoms with Gasteiger partial charge >= 0.3 is 12.0 Å². The van der Waals surface area contributed by atoms with Crippen LogP contribution in [0.2, 0.25) is 5.02 Å². The molecule has 0 atom stereocenters. The second kappa shape index (κ2) is 8.19. The van der Waals surface area contributed by atoms with Crippen molar-refractivity contribution in [1.82, 2.24) is 4.98 Å². The highest BCUT2D eigenvalue weighted by atomic mass is 35.5. The highest BCUT2D eigenvalue weighted by Crippen LogP contribution is 2.44.